The van der Waals surface area contributed by atoms with Gasteiger partial charge in [-0.1, -0.05) is 21.6 Å². The Morgan fingerprint density at radius 3 is 2.74 bits per heavy atom. The van der Waals surface area contributed by atoms with Gasteiger partial charge < -0.3 is 14.9 Å². The molecule has 0 fully saturated rings. The van der Waals surface area contributed by atoms with Crippen LogP contribution in [0.3, 0.4) is 0 Å². The van der Waals surface area contributed by atoms with Crippen molar-refractivity contribution in [2.24, 2.45) is 11.1 Å². The summed E-state index contributed by atoms with van der Waals surface area (Å²) in [6.07, 6.45) is 0. The van der Waals surface area contributed by atoms with Gasteiger partial charge >= 0.3 is 11.6 Å². The highest BCUT2D eigenvalue weighted by Crippen LogP contribution is 2.31. The lowest BCUT2D eigenvalue weighted by Crippen LogP contribution is -2.31. The average molecular weight is 353 g/mol. The fourth-order valence-corrected chi connectivity index (χ4v) is 4.19. The summed E-state index contributed by atoms with van der Waals surface area (Å²) in [7, 11) is 3.25. The Hall–Kier alpha value is -1.44. The summed E-state index contributed by atoms with van der Waals surface area (Å²) in [6, 6.07) is 8.02. The number of fused-ring (bicyclic) bond motifs is 1. The number of nitrogens with two attached hydrogens (primary N) is 1. The molecule has 1 aromatic heterocycles. The van der Waals surface area contributed by atoms with E-state index in [9.17, 15) is 9.59 Å². The monoisotopic (exact) mass is 353 g/mol. The maximum Gasteiger partial charge on any atom is 0.336 e. The lowest BCUT2D eigenvalue weighted by Gasteiger charge is -2.21. The molecule has 0 saturated carbocycles. The molecule has 23 heavy (non-hydrogen) atoms. The van der Waals surface area contributed by atoms with Crippen molar-refractivity contribution >= 4 is 38.5 Å². The van der Waals surface area contributed by atoms with Crippen molar-refractivity contribution in [2.45, 2.75) is 13.8 Å². The summed E-state index contributed by atoms with van der Waals surface area (Å²) in [4.78, 5) is 23.6. The minimum Gasteiger partial charge on any atom is -0.426 e. The Kier molecular flexibility index (Phi) is 6.15. The van der Waals surface area contributed by atoms with Crippen molar-refractivity contribution < 1.29 is 13.9 Å². The predicted molar refractivity (Wildman–Crippen MR) is 95.9 cm³/mol. The molecular weight excluding hydrogens is 334 g/mol. The molecule has 5 nitrogen and oxygen atoms in total. The van der Waals surface area contributed by atoms with Crippen LogP contribution >= 0.6 is 21.6 Å². The number of ether oxygens (including phenoxy) is 1. The Bertz CT molecular complexity index is 742. The molecule has 2 N–H and O–H groups in total. The second-order valence-electron chi connectivity index (χ2n) is 5.60. The molecule has 0 amide bonds. The van der Waals surface area contributed by atoms with Crippen LogP contribution in [0.2, 0.25) is 0 Å². The van der Waals surface area contributed by atoms with E-state index in [1.165, 1.54) is 6.07 Å². The third-order valence-corrected chi connectivity index (χ3v) is 5.82. The molecule has 0 saturated heterocycles. The van der Waals surface area contributed by atoms with E-state index in [-0.39, 0.29) is 5.97 Å². The summed E-state index contributed by atoms with van der Waals surface area (Å²) in [5.41, 5.74) is 4.77. The lowest BCUT2D eigenvalue weighted by molar-refractivity contribution is -0.142. The molecule has 2 rings (SSSR count). The molecule has 1 aromatic carbocycles. The number of carbonyl (C=O) groups excluding carboxylic acids is 1. The van der Waals surface area contributed by atoms with Gasteiger partial charge in [0, 0.05) is 35.6 Å². The zero-order chi connectivity index (χ0) is 16.9. The highest BCUT2D eigenvalue weighted by molar-refractivity contribution is 8.76. The third-order valence-electron chi connectivity index (χ3n) is 3.06. The van der Waals surface area contributed by atoms with Gasteiger partial charge in [0.25, 0.3) is 0 Å². The van der Waals surface area contributed by atoms with Gasteiger partial charge in [0.15, 0.2) is 0 Å². The first-order chi connectivity index (χ1) is 10.9. The molecule has 0 unspecified atom stereocenters. The molecule has 0 radical (unpaired) electrons. The molecular formula is C16H19NO4S2. The van der Waals surface area contributed by atoms with Gasteiger partial charge in [-0.3, -0.25) is 4.79 Å². The molecule has 0 aliphatic rings. The number of benzene rings is 1. The molecule has 0 bridgehead atoms. The van der Waals surface area contributed by atoms with Crippen molar-refractivity contribution in [1.29, 1.82) is 0 Å². The van der Waals surface area contributed by atoms with Gasteiger partial charge in [0.05, 0.1) is 5.41 Å². The first kappa shape index (κ1) is 17.9. The van der Waals surface area contributed by atoms with E-state index in [4.69, 9.17) is 14.9 Å². The number of hydrogen-bond acceptors (Lipinski definition) is 7. The Morgan fingerprint density at radius 1 is 1.26 bits per heavy atom. The molecule has 0 atom stereocenters. The Labute approximate surface area is 142 Å². The van der Waals surface area contributed by atoms with Crippen molar-refractivity contribution in [3.8, 4) is 5.75 Å². The Morgan fingerprint density at radius 2 is 2.00 bits per heavy atom. The van der Waals surface area contributed by atoms with Crippen LogP contribution in [0.1, 0.15) is 13.8 Å². The summed E-state index contributed by atoms with van der Waals surface area (Å²) in [5, 5.41) is 0.775. The van der Waals surface area contributed by atoms with Crippen LogP contribution in [0.15, 0.2) is 39.5 Å². The topological polar surface area (TPSA) is 82.5 Å². The number of hydrogen-bond donors (Lipinski definition) is 1. The summed E-state index contributed by atoms with van der Waals surface area (Å²) >= 11 is 0. The number of rotatable bonds is 7. The van der Waals surface area contributed by atoms with Gasteiger partial charge in [-0.2, -0.15) is 0 Å². The van der Waals surface area contributed by atoms with Crippen LogP contribution in [-0.4, -0.2) is 24.0 Å². The predicted octanol–water partition coefficient (Wildman–Crippen LogP) is 3.06. The van der Waals surface area contributed by atoms with E-state index < -0.39 is 11.0 Å². The fraction of sp³-hybridized carbons (Fsp3) is 0.375. The zero-order valence-corrected chi connectivity index (χ0v) is 14.7. The summed E-state index contributed by atoms with van der Waals surface area (Å²) in [6.45, 7) is 4.30. The third kappa shape index (κ3) is 5.02. The van der Waals surface area contributed by atoms with E-state index >= 15 is 0 Å². The van der Waals surface area contributed by atoms with Crippen molar-refractivity contribution in [3.63, 3.8) is 0 Å². The maximum absolute atomic E-state index is 12.3. The van der Waals surface area contributed by atoms with Crippen molar-refractivity contribution in [3.05, 3.63) is 40.8 Å². The van der Waals surface area contributed by atoms with E-state index in [2.05, 4.69) is 0 Å². The van der Waals surface area contributed by atoms with Crippen LogP contribution in [0, 0.1) is 5.41 Å². The first-order valence-electron chi connectivity index (χ1n) is 7.13. The smallest absolute Gasteiger partial charge is 0.336 e. The molecule has 0 aliphatic carbocycles. The molecule has 0 aliphatic heterocycles. The van der Waals surface area contributed by atoms with Crippen LogP contribution in [0.4, 0.5) is 0 Å². The lowest BCUT2D eigenvalue weighted by atomic mass is 9.97. The van der Waals surface area contributed by atoms with Crippen molar-refractivity contribution in [1.82, 2.24) is 0 Å². The zero-order valence-electron chi connectivity index (χ0n) is 13.0. The van der Waals surface area contributed by atoms with Crippen molar-refractivity contribution in [2.75, 3.05) is 18.1 Å². The molecule has 2 aromatic rings. The van der Waals surface area contributed by atoms with Gasteiger partial charge in [-0.05, 0) is 32.0 Å². The molecule has 7 heteroatoms. The quantitative estimate of drug-likeness (QED) is 0.269. The first-order valence-corrected chi connectivity index (χ1v) is 9.62. The fourth-order valence-electron chi connectivity index (χ4n) is 1.70. The molecule has 0 spiro atoms. The summed E-state index contributed by atoms with van der Waals surface area (Å²) in [5.74, 6) is 1.51. The molecule has 1 heterocycles. The van der Waals surface area contributed by atoms with E-state index in [0.717, 1.165) is 11.1 Å². The second-order valence-corrected chi connectivity index (χ2v) is 8.18. The van der Waals surface area contributed by atoms with Crippen LogP contribution in [0.5, 0.6) is 5.75 Å². The van der Waals surface area contributed by atoms with Gasteiger partial charge in [-0.15, -0.1) is 0 Å². The van der Waals surface area contributed by atoms with Crippen LogP contribution in [-0.2, 0) is 4.79 Å². The number of carbonyl (C=O) groups is 1. The standard InChI is InChI=1S/C16H19NO4S2/c1-16(2,10-23-22-8-7-17)15(19)20-12-5-3-11-4-6-14(18)21-13(11)9-12/h3-6,9H,7-8,10,17H2,1-2H3. The van der Waals surface area contributed by atoms with Crippen LogP contribution in [0.25, 0.3) is 11.0 Å². The van der Waals surface area contributed by atoms with E-state index in [1.807, 2.05) is 13.8 Å². The van der Waals surface area contributed by atoms with Gasteiger partial charge in [-0.25, -0.2) is 4.79 Å². The largest absolute Gasteiger partial charge is 0.426 e. The normalized spacial score (nSPS) is 11.6. The minimum atomic E-state index is -0.626. The van der Waals surface area contributed by atoms with E-state index in [1.54, 1.807) is 45.9 Å². The number of esters is 1. The second kappa shape index (κ2) is 7.90. The SMILES string of the molecule is CC(C)(CSSCCN)C(=O)Oc1ccc2ccc(=O)oc2c1. The molecule has 124 valence electrons. The average Bonchev–Trinajstić information content (AvgIpc) is 2.51. The highest BCUT2D eigenvalue weighted by Gasteiger charge is 2.30. The summed E-state index contributed by atoms with van der Waals surface area (Å²) < 4.78 is 10.5. The van der Waals surface area contributed by atoms with Crippen LogP contribution < -0.4 is 16.1 Å². The minimum absolute atomic E-state index is 0.323. The highest BCUT2D eigenvalue weighted by atomic mass is 33.1. The van der Waals surface area contributed by atoms with Gasteiger partial charge in [0.2, 0.25) is 0 Å². The Balaban J connectivity index is 2.05. The van der Waals surface area contributed by atoms with Gasteiger partial charge in [0.1, 0.15) is 11.3 Å². The maximum atomic E-state index is 12.3. The van der Waals surface area contributed by atoms with E-state index in [0.29, 0.717) is 23.6 Å².